The molecular weight excluding hydrogens is 341 g/mol. The van der Waals surface area contributed by atoms with Crippen LogP contribution in [0.5, 0.6) is 0 Å². The Morgan fingerprint density at radius 2 is 1.63 bits per heavy atom. The minimum atomic E-state index is -0.189. The highest BCUT2D eigenvalue weighted by Crippen LogP contribution is 2.36. The highest BCUT2D eigenvalue weighted by Gasteiger charge is 2.40. The van der Waals surface area contributed by atoms with Crippen molar-refractivity contribution in [2.45, 2.75) is 56.9 Å². The second kappa shape index (κ2) is 8.09. The summed E-state index contributed by atoms with van der Waals surface area (Å²) >= 11 is 0. The number of carbonyl (C=O) groups is 1. The van der Waals surface area contributed by atoms with E-state index in [1.807, 2.05) is 42.5 Å². The highest BCUT2D eigenvalue weighted by molar-refractivity contribution is 5.74. The molecule has 2 aromatic rings. The minimum absolute atomic E-state index is 0.0877. The van der Waals surface area contributed by atoms with Crippen LogP contribution in [0.3, 0.4) is 0 Å². The van der Waals surface area contributed by atoms with Crippen molar-refractivity contribution in [1.29, 1.82) is 0 Å². The molecular formula is C22H26FN3O. The van der Waals surface area contributed by atoms with E-state index in [9.17, 15) is 9.18 Å². The Bertz CT molecular complexity index is 751. The van der Waals surface area contributed by atoms with Gasteiger partial charge in [0.15, 0.2) is 0 Å². The van der Waals surface area contributed by atoms with Crippen LogP contribution in [0.4, 0.5) is 9.18 Å². The molecule has 2 aromatic carbocycles. The summed E-state index contributed by atoms with van der Waals surface area (Å²) in [6, 6.07) is 17.9. The van der Waals surface area contributed by atoms with Crippen molar-refractivity contribution in [2.24, 2.45) is 0 Å². The van der Waals surface area contributed by atoms with Crippen LogP contribution in [-0.4, -0.2) is 29.1 Å². The summed E-state index contributed by atoms with van der Waals surface area (Å²) in [6.45, 7) is 1.41. The standard InChI is InChI=1S/C22H26FN3O/c23-18-8-6-17(7-9-18)15-26-20-10-11-21(26)13-19(12-20)25-22(27)24-14-16-4-2-1-3-5-16/h1-9,19-21H,10-15H2,(H2,24,25,27)/t19?,20-,21+. The number of fused-ring (bicyclic) bond motifs is 2. The van der Waals surface area contributed by atoms with E-state index in [4.69, 9.17) is 0 Å². The summed E-state index contributed by atoms with van der Waals surface area (Å²) in [7, 11) is 0. The Morgan fingerprint density at radius 1 is 0.963 bits per heavy atom. The predicted molar refractivity (Wildman–Crippen MR) is 104 cm³/mol. The molecule has 0 radical (unpaired) electrons. The Labute approximate surface area is 159 Å². The van der Waals surface area contributed by atoms with Crippen molar-refractivity contribution in [3.63, 3.8) is 0 Å². The van der Waals surface area contributed by atoms with E-state index in [2.05, 4.69) is 15.5 Å². The zero-order valence-corrected chi connectivity index (χ0v) is 15.4. The van der Waals surface area contributed by atoms with Gasteiger partial charge in [0.25, 0.3) is 0 Å². The summed E-state index contributed by atoms with van der Waals surface area (Å²) in [5.41, 5.74) is 2.25. The minimum Gasteiger partial charge on any atom is -0.335 e. The van der Waals surface area contributed by atoms with Crippen molar-refractivity contribution >= 4 is 6.03 Å². The van der Waals surface area contributed by atoms with Crippen LogP contribution in [-0.2, 0) is 13.1 Å². The molecule has 0 aliphatic carbocycles. The summed E-state index contributed by atoms with van der Waals surface area (Å²) in [5, 5.41) is 6.11. The van der Waals surface area contributed by atoms with E-state index in [0.717, 1.165) is 30.5 Å². The molecule has 0 spiro atoms. The smallest absolute Gasteiger partial charge is 0.315 e. The molecule has 4 nitrogen and oxygen atoms in total. The largest absolute Gasteiger partial charge is 0.335 e. The van der Waals surface area contributed by atoms with Crippen LogP contribution in [0.25, 0.3) is 0 Å². The van der Waals surface area contributed by atoms with Gasteiger partial charge >= 0.3 is 6.03 Å². The molecule has 2 amide bonds. The number of urea groups is 1. The average molecular weight is 367 g/mol. The van der Waals surface area contributed by atoms with Gasteiger partial charge in [-0.2, -0.15) is 0 Å². The zero-order valence-electron chi connectivity index (χ0n) is 15.4. The molecule has 3 atom stereocenters. The third-order valence-electron chi connectivity index (χ3n) is 5.79. The van der Waals surface area contributed by atoms with E-state index in [0.29, 0.717) is 18.6 Å². The Balaban J connectivity index is 1.28. The fourth-order valence-electron chi connectivity index (χ4n) is 4.47. The first kappa shape index (κ1) is 18.0. The monoisotopic (exact) mass is 367 g/mol. The highest BCUT2D eigenvalue weighted by atomic mass is 19.1. The number of nitrogens with zero attached hydrogens (tertiary/aromatic N) is 1. The number of amides is 2. The predicted octanol–water partition coefficient (Wildman–Crippen LogP) is 3.82. The number of carbonyl (C=O) groups excluding carboxylic acids is 1. The molecule has 4 rings (SSSR count). The number of piperidine rings is 1. The van der Waals surface area contributed by atoms with Gasteiger partial charge in [0.2, 0.25) is 0 Å². The fraction of sp³-hybridized carbons (Fsp3) is 0.409. The van der Waals surface area contributed by atoms with Gasteiger partial charge < -0.3 is 10.6 Å². The first-order chi connectivity index (χ1) is 13.2. The van der Waals surface area contributed by atoms with Gasteiger partial charge in [0.1, 0.15) is 5.82 Å². The number of nitrogens with one attached hydrogen (secondary N) is 2. The molecule has 0 saturated carbocycles. The maximum atomic E-state index is 13.1. The lowest BCUT2D eigenvalue weighted by Gasteiger charge is -2.39. The fourth-order valence-corrected chi connectivity index (χ4v) is 4.47. The molecule has 1 unspecified atom stereocenters. The van der Waals surface area contributed by atoms with Gasteiger partial charge in [-0.1, -0.05) is 42.5 Å². The molecule has 2 aliphatic rings. The van der Waals surface area contributed by atoms with Crippen LogP contribution in [0.1, 0.15) is 36.8 Å². The van der Waals surface area contributed by atoms with Gasteiger partial charge in [-0.3, -0.25) is 4.90 Å². The lowest BCUT2D eigenvalue weighted by Crippen LogP contribution is -2.51. The third kappa shape index (κ3) is 4.48. The summed E-state index contributed by atoms with van der Waals surface area (Å²) in [5.74, 6) is -0.189. The Morgan fingerprint density at radius 3 is 2.30 bits per heavy atom. The lowest BCUT2D eigenvalue weighted by molar-refractivity contribution is 0.111. The molecule has 2 saturated heterocycles. The zero-order chi connectivity index (χ0) is 18.6. The van der Waals surface area contributed by atoms with E-state index in [1.54, 1.807) is 0 Å². The summed E-state index contributed by atoms with van der Waals surface area (Å²) in [4.78, 5) is 14.8. The van der Waals surface area contributed by atoms with E-state index < -0.39 is 0 Å². The first-order valence-electron chi connectivity index (χ1n) is 9.76. The number of benzene rings is 2. The molecule has 2 heterocycles. The Hall–Kier alpha value is -2.40. The van der Waals surface area contributed by atoms with Crippen LogP contribution < -0.4 is 10.6 Å². The third-order valence-corrected chi connectivity index (χ3v) is 5.79. The maximum Gasteiger partial charge on any atom is 0.315 e. The van der Waals surface area contributed by atoms with Gasteiger partial charge in [-0.15, -0.1) is 0 Å². The van der Waals surface area contributed by atoms with Crippen molar-refractivity contribution in [3.8, 4) is 0 Å². The van der Waals surface area contributed by atoms with Crippen LogP contribution in [0.15, 0.2) is 54.6 Å². The van der Waals surface area contributed by atoms with Crippen molar-refractivity contribution in [1.82, 2.24) is 15.5 Å². The molecule has 27 heavy (non-hydrogen) atoms. The first-order valence-corrected chi connectivity index (χ1v) is 9.76. The van der Waals surface area contributed by atoms with Gasteiger partial charge in [0, 0.05) is 31.2 Å². The van der Waals surface area contributed by atoms with E-state index >= 15 is 0 Å². The van der Waals surface area contributed by atoms with Crippen molar-refractivity contribution in [3.05, 3.63) is 71.5 Å². The summed E-state index contributed by atoms with van der Waals surface area (Å²) in [6.07, 6.45) is 4.32. The normalized spacial score (nSPS) is 24.6. The number of hydrogen-bond donors (Lipinski definition) is 2. The molecule has 2 bridgehead atoms. The maximum absolute atomic E-state index is 13.1. The second-order valence-corrected chi connectivity index (χ2v) is 7.66. The summed E-state index contributed by atoms with van der Waals surface area (Å²) < 4.78 is 13.1. The SMILES string of the molecule is O=C(NCc1ccccc1)NC1C[C@H]2CC[C@@H](C1)N2Cc1ccc(F)cc1. The quantitative estimate of drug-likeness (QED) is 0.844. The van der Waals surface area contributed by atoms with E-state index in [-0.39, 0.29) is 17.9 Å². The van der Waals surface area contributed by atoms with E-state index in [1.165, 1.54) is 25.0 Å². The molecule has 2 N–H and O–H groups in total. The van der Waals surface area contributed by atoms with Gasteiger partial charge in [-0.05, 0) is 48.9 Å². The van der Waals surface area contributed by atoms with Crippen LogP contribution >= 0.6 is 0 Å². The van der Waals surface area contributed by atoms with Gasteiger partial charge in [0.05, 0.1) is 0 Å². The average Bonchev–Trinajstić information content (AvgIpc) is 2.91. The molecule has 2 aliphatic heterocycles. The lowest BCUT2D eigenvalue weighted by atomic mass is 9.96. The molecule has 142 valence electrons. The molecule has 0 aromatic heterocycles. The van der Waals surface area contributed by atoms with Crippen LogP contribution in [0.2, 0.25) is 0 Å². The topological polar surface area (TPSA) is 44.4 Å². The second-order valence-electron chi connectivity index (χ2n) is 7.66. The van der Waals surface area contributed by atoms with Gasteiger partial charge in [-0.25, -0.2) is 9.18 Å². The number of rotatable bonds is 5. The van der Waals surface area contributed by atoms with Crippen molar-refractivity contribution < 1.29 is 9.18 Å². The molecule has 2 fully saturated rings. The number of halogens is 1. The van der Waals surface area contributed by atoms with Crippen LogP contribution in [0, 0.1) is 5.82 Å². The number of hydrogen-bond acceptors (Lipinski definition) is 2. The molecule has 5 heteroatoms. The Kier molecular flexibility index (Phi) is 5.39. The van der Waals surface area contributed by atoms with Crippen molar-refractivity contribution in [2.75, 3.05) is 0 Å².